The molecule has 0 aromatic heterocycles. The lowest BCUT2D eigenvalue weighted by molar-refractivity contribution is 0.208. The van der Waals surface area contributed by atoms with E-state index in [0.717, 1.165) is 15.2 Å². The fourth-order valence-corrected chi connectivity index (χ4v) is 2.83. The van der Waals surface area contributed by atoms with E-state index in [4.69, 9.17) is 0 Å². The number of halogens is 4. The lowest BCUT2D eigenvalue weighted by atomic mass is 9.99. The summed E-state index contributed by atoms with van der Waals surface area (Å²) in [5.41, 5.74) is 1.11. The molecule has 0 heterocycles. The maximum absolute atomic E-state index is 14.0. The van der Waals surface area contributed by atoms with Crippen LogP contribution in [0.1, 0.15) is 22.8 Å². The molecule has 0 aliphatic carbocycles. The van der Waals surface area contributed by atoms with Crippen molar-refractivity contribution < 1.29 is 13.9 Å². The van der Waals surface area contributed by atoms with Gasteiger partial charge in [0, 0.05) is 3.57 Å². The Bertz CT molecular complexity index is 631. The normalized spacial score (nSPS) is 12.5. The first kappa shape index (κ1) is 14.9. The maximum Gasteiger partial charge on any atom is 0.146 e. The molecule has 1 nitrogen and oxygen atoms in total. The Morgan fingerprint density at radius 1 is 1.21 bits per heavy atom. The number of hydrogen-bond acceptors (Lipinski definition) is 1. The molecule has 1 atom stereocenters. The largest absolute Gasteiger partial charge is 0.383 e. The lowest BCUT2D eigenvalue weighted by Gasteiger charge is -2.16. The van der Waals surface area contributed by atoms with E-state index in [0.29, 0.717) is 5.56 Å². The summed E-state index contributed by atoms with van der Waals surface area (Å²) in [6.45, 7) is 1.88. The molecule has 1 N–H and O–H groups in total. The van der Waals surface area contributed by atoms with E-state index in [2.05, 4.69) is 38.5 Å². The minimum Gasteiger partial charge on any atom is -0.383 e. The van der Waals surface area contributed by atoms with Crippen molar-refractivity contribution in [3.63, 3.8) is 0 Å². The van der Waals surface area contributed by atoms with Crippen LogP contribution in [0.25, 0.3) is 0 Å². The second kappa shape index (κ2) is 5.85. The predicted molar refractivity (Wildman–Crippen MR) is 82.0 cm³/mol. The Hall–Kier alpha value is -0.530. The van der Waals surface area contributed by atoms with Crippen molar-refractivity contribution in [3.8, 4) is 0 Å². The molecule has 0 fully saturated rings. The quantitative estimate of drug-likeness (QED) is 0.531. The maximum atomic E-state index is 14.0. The average Bonchev–Trinajstić information content (AvgIpc) is 2.37. The minimum atomic E-state index is -1.33. The molecule has 0 aliphatic rings. The Morgan fingerprint density at radius 2 is 1.89 bits per heavy atom. The molecule has 5 heteroatoms. The van der Waals surface area contributed by atoms with Crippen LogP contribution < -0.4 is 0 Å². The lowest BCUT2D eigenvalue weighted by Crippen LogP contribution is -2.08. The predicted octanol–water partition coefficient (Wildman–Crippen LogP) is 4.72. The van der Waals surface area contributed by atoms with E-state index >= 15 is 0 Å². The topological polar surface area (TPSA) is 20.2 Å². The van der Waals surface area contributed by atoms with Gasteiger partial charge < -0.3 is 5.11 Å². The van der Waals surface area contributed by atoms with E-state index in [-0.39, 0.29) is 10.0 Å². The highest BCUT2D eigenvalue weighted by Gasteiger charge is 2.23. The van der Waals surface area contributed by atoms with Gasteiger partial charge in [-0.15, -0.1) is 0 Å². The highest BCUT2D eigenvalue weighted by molar-refractivity contribution is 14.1. The van der Waals surface area contributed by atoms with Crippen LogP contribution in [-0.4, -0.2) is 5.11 Å². The molecule has 0 bridgehead atoms. The van der Waals surface area contributed by atoms with Crippen molar-refractivity contribution in [2.24, 2.45) is 0 Å². The van der Waals surface area contributed by atoms with E-state index in [1.54, 1.807) is 12.1 Å². The van der Waals surface area contributed by atoms with Crippen molar-refractivity contribution in [3.05, 3.63) is 66.7 Å². The van der Waals surface area contributed by atoms with Gasteiger partial charge in [0.2, 0.25) is 0 Å². The minimum absolute atomic E-state index is 0.130. The van der Waals surface area contributed by atoms with Crippen molar-refractivity contribution in [2.45, 2.75) is 13.0 Å². The van der Waals surface area contributed by atoms with Gasteiger partial charge >= 0.3 is 0 Å². The Balaban J connectivity index is 2.59. The van der Waals surface area contributed by atoms with Crippen molar-refractivity contribution in [2.75, 3.05) is 0 Å². The monoisotopic (exact) mass is 438 g/mol. The summed E-state index contributed by atoms with van der Waals surface area (Å²) in [6, 6.07) is 7.71. The van der Waals surface area contributed by atoms with Crippen molar-refractivity contribution >= 4 is 38.5 Å². The third-order valence-electron chi connectivity index (χ3n) is 2.87. The molecule has 0 saturated carbocycles. The second-order valence-electron chi connectivity index (χ2n) is 4.14. The molecule has 0 amide bonds. The van der Waals surface area contributed by atoms with Crippen LogP contribution in [0.15, 0.2) is 34.8 Å². The summed E-state index contributed by atoms with van der Waals surface area (Å²) in [6.07, 6.45) is -1.33. The fraction of sp³-hybridized carbons (Fsp3) is 0.143. The molecule has 2 rings (SSSR count). The summed E-state index contributed by atoms with van der Waals surface area (Å²) in [5.74, 6) is -1.53. The second-order valence-corrected chi connectivity index (χ2v) is 6.07. The summed E-state index contributed by atoms with van der Waals surface area (Å²) in [4.78, 5) is 0. The zero-order valence-electron chi connectivity index (χ0n) is 9.92. The first-order valence-electron chi connectivity index (χ1n) is 5.50. The number of aryl methyl sites for hydroxylation is 1. The molecular formula is C14H10BrF2IO. The van der Waals surface area contributed by atoms with Crippen LogP contribution >= 0.6 is 38.5 Å². The van der Waals surface area contributed by atoms with Gasteiger partial charge in [-0.1, -0.05) is 18.2 Å². The fourth-order valence-electron chi connectivity index (χ4n) is 1.83. The van der Waals surface area contributed by atoms with Gasteiger partial charge in [0.1, 0.15) is 17.7 Å². The average molecular weight is 439 g/mol. The van der Waals surface area contributed by atoms with E-state index < -0.39 is 17.7 Å². The van der Waals surface area contributed by atoms with Crippen LogP contribution in [0, 0.1) is 22.1 Å². The van der Waals surface area contributed by atoms with Gasteiger partial charge in [0.15, 0.2) is 0 Å². The number of aliphatic hydroxyl groups excluding tert-OH is 1. The summed E-state index contributed by atoms with van der Waals surface area (Å²) in [7, 11) is 0. The SMILES string of the molecule is Cc1cccc(C(O)c2c(F)ccc(Br)c2F)c1I. The molecule has 2 aromatic rings. The highest BCUT2D eigenvalue weighted by atomic mass is 127. The number of rotatable bonds is 2. The summed E-state index contributed by atoms with van der Waals surface area (Å²) < 4.78 is 28.7. The van der Waals surface area contributed by atoms with E-state index in [1.807, 2.05) is 13.0 Å². The number of aliphatic hydroxyl groups is 1. The van der Waals surface area contributed by atoms with Gasteiger partial charge in [0.25, 0.3) is 0 Å². The molecule has 19 heavy (non-hydrogen) atoms. The van der Waals surface area contributed by atoms with Crippen LogP contribution in [0.2, 0.25) is 0 Å². The van der Waals surface area contributed by atoms with Gasteiger partial charge in [-0.05, 0) is 68.7 Å². The number of benzene rings is 2. The van der Waals surface area contributed by atoms with Crippen molar-refractivity contribution in [1.29, 1.82) is 0 Å². The van der Waals surface area contributed by atoms with Crippen LogP contribution in [-0.2, 0) is 0 Å². The van der Waals surface area contributed by atoms with Crippen LogP contribution in [0.3, 0.4) is 0 Å². The van der Waals surface area contributed by atoms with Crippen LogP contribution in [0.5, 0.6) is 0 Å². The smallest absolute Gasteiger partial charge is 0.146 e. The van der Waals surface area contributed by atoms with Crippen LogP contribution in [0.4, 0.5) is 8.78 Å². The third-order valence-corrected chi connectivity index (χ3v) is 4.96. The molecular weight excluding hydrogens is 429 g/mol. The molecule has 100 valence electrons. The van der Waals surface area contributed by atoms with Gasteiger partial charge in [-0.2, -0.15) is 0 Å². The van der Waals surface area contributed by atoms with Gasteiger partial charge in [0.05, 0.1) is 10.0 Å². The molecule has 2 aromatic carbocycles. The first-order valence-corrected chi connectivity index (χ1v) is 7.37. The van der Waals surface area contributed by atoms with Gasteiger partial charge in [-0.25, -0.2) is 8.78 Å². The molecule has 0 aliphatic heterocycles. The molecule has 0 saturated heterocycles. The molecule has 0 spiro atoms. The summed E-state index contributed by atoms with van der Waals surface area (Å²) in [5, 5.41) is 10.3. The zero-order chi connectivity index (χ0) is 14.2. The van der Waals surface area contributed by atoms with E-state index in [9.17, 15) is 13.9 Å². The van der Waals surface area contributed by atoms with Crippen molar-refractivity contribution in [1.82, 2.24) is 0 Å². The Labute approximate surface area is 131 Å². The van der Waals surface area contributed by atoms with E-state index in [1.165, 1.54) is 6.07 Å². The first-order chi connectivity index (χ1) is 8.93. The molecule has 0 radical (unpaired) electrons. The standard InChI is InChI=1S/C14H10BrF2IO/c1-7-3-2-4-8(13(7)18)14(19)11-10(16)6-5-9(15)12(11)17/h2-6,14,19H,1H3. The Kier molecular flexibility index (Phi) is 4.58. The Morgan fingerprint density at radius 3 is 2.58 bits per heavy atom. The third kappa shape index (κ3) is 2.83. The van der Waals surface area contributed by atoms with Gasteiger partial charge in [-0.3, -0.25) is 0 Å². The molecule has 1 unspecified atom stereocenters. The zero-order valence-corrected chi connectivity index (χ0v) is 13.7. The number of hydrogen-bond donors (Lipinski definition) is 1. The summed E-state index contributed by atoms with van der Waals surface area (Å²) >= 11 is 5.06. The highest BCUT2D eigenvalue weighted by Crippen LogP contribution is 2.33.